The quantitative estimate of drug-likeness (QED) is 0.614. The minimum atomic E-state index is -2.63. The van der Waals surface area contributed by atoms with Crippen LogP contribution in [0.2, 0.25) is 5.02 Å². The van der Waals surface area contributed by atoms with Gasteiger partial charge in [0.25, 0.3) is 5.76 Å². The third kappa shape index (κ3) is 5.51. The van der Waals surface area contributed by atoms with Gasteiger partial charge in [-0.25, -0.2) is 0 Å². The summed E-state index contributed by atoms with van der Waals surface area (Å²) in [5, 5.41) is 2.82. The first kappa shape index (κ1) is 20.3. The molecule has 0 aliphatic heterocycles. The summed E-state index contributed by atoms with van der Waals surface area (Å²) in [6.07, 6.45) is 0.644. The van der Waals surface area contributed by atoms with E-state index in [-0.39, 0.29) is 27.9 Å². The number of benzene rings is 2. The van der Waals surface area contributed by atoms with Gasteiger partial charge in [-0.2, -0.15) is 8.78 Å². The molecule has 1 amide bonds. The number of halogens is 3. The highest BCUT2D eigenvalue weighted by Crippen LogP contribution is 2.37. The summed E-state index contributed by atoms with van der Waals surface area (Å²) in [4.78, 5) is 12.4. The number of methoxy groups -OCH3 is 2. The van der Waals surface area contributed by atoms with E-state index in [1.165, 1.54) is 13.2 Å². The number of hydrogen-bond donors (Lipinski definition) is 1. The Kier molecular flexibility index (Phi) is 7.53. The largest absolute Gasteiger partial charge is 0.493 e. The fourth-order valence-corrected chi connectivity index (χ4v) is 3.24. The molecule has 0 heterocycles. The van der Waals surface area contributed by atoms with Crippen LogP contribution in [0.5, 0.6) is 11.5 Å². The molecule has 0 spiro atoms. The predicted molar refractivity (Wildman–Crippen MR) is 99.8 cm³/mol. The average molecular weight is 402 g/mol. The monoisotopic (exact) mass is 401 g/mol. The molecule has 0 aliphatic rings. The lowest BCUT2D eigenvalue weighted by atomic mass is 10.1. The molecular weight excluding hydrogens is 384 g/mol. The number of rotatable bonds is 8. The Hall–Kier alpha value is -1.99. The van der Waals surface area contributed by atoms with Crippen LogP contribution in [0.25, 0.3) is 0 Å². The molecule has 0 unspecified atom stereocenters. The maximum Gasteiger partial charge on any atom is 0.289 e. The van der Waals surface area contributed by atoms with Crippen LogP contribution in [0.1, 0.15) is 12.0 Å². The minimum absolute atomic E-state index is 0.156. The zero-order chi connectivity index (χ0) is 19.1. The molecule has 0 fully saturated rings. The van der Waals surface area contributed by atoms with E-state index in [0.29, 0.717) is 29.7 Å². The molecule has 4 nitrogen and oxygen atoms in total. The second-order valence-electron chi connectivity index (χ2n) is 5.23. The van der Waals surface area contributed by atoms with Crippen molar-refractivity contribution in [1.82, 2.24) is 0 Å². The van der Waals surface area contributed by atoms with Crippen molar-refractivity contribution in [1.29, 1.82) is 0 Å². The highest BCUT2D eigenvalue weighted by Gasteiger charge is 2.15. The second kappa shape index (κ2) is 9.64. The fraction of sp³-hybridized carbons (Fsp3) is 0.278. The number of aryl methyl sites for hydroxylation is 1. The van der Waals surface area contributed by atoms with Crippen LogP contribution in [0.3, 0.4) is 0 Å². The number of amides is 1. The smallest absolute Gasteiger partial charge is 0.289 e. The molecule has 26 heavy (non-hydrogen) atoms. The molecule has 2 aromatic carbocycles. The van der Waals surface area contributed by atoms with Gasteiger partial charge in [0.15, 0.2) is 11.5 Å². The van der Waals surface area contributed by atoms with Gasteiger partial charge >= 0.3 is 0 Å². The lowest BCUT2D eigenvalue weighted by Gasteiger charge is -2.12. The molecule has 1 N–H and O–H groups in total. The van der Waals surface area contributed by atoms with Gasteiger partial charge in [-0.1, -0.05) is 35.5 Å². The van der Waals surface area contributed by atoms with Crippen molar-refractivity contribution in [3.63, 3.8) is 0 Å². The number of ether oxygens (including phenoxy) is 2. The van der Waals surface area contributed by atoms with Crippen molar-refractivity contribution in [3.8, 4) is 11.5 Å². The normalized spacial score (nSPS) is 10.7. The van der Waals surface area contributed by atoms with Crippen molar-refractivity contribution in [2.45, 2.75) is 23.5 Å². The van der Waals surface area contributed by atoms with Gasteiger partial charge in [0.1, 0.15) is 0 Å². The zero-order valence-electron chi connectivity index (χ0n) is 14.2. The Labute approximate surface area is 159 Å². The molecule has 0 atom stereocenters. The summed E-state index contributed by atoms with van der Waals surface area (Å²) >= 11 is 6.27. The lowest BCUT2D eigenvalue weighted by Crippen LogP contribution is -2.13. The molecule has 0 aromatic heterocycles. The van der Waals surface area contributed by atoms with E-state index < -0.39 is 5.76 Å². The number of alkyl halides is 2. The van der Waals surface area contributed by atoms with Crippen LogP contribution in [-0.2, 0) is 11.2 Å². The van der Waals surface area contributed by atoms with E-state index in [1.54, 1.807) is 31.4 Å². The number of hydrogen-bond acceptors (Lipinski definition) is 4. The van der Waals surface area contributed by atoms with Crippen molar-refractivity contribution in [3.05, 3.63) is 47.0 Å². The van der Waals surface area contributed by atoms with E-state index in [2.05, 4.69) is 5.32 Å². The SMILES string of the molecule is COc1ccc(CCC(=O)Nc2cccc(Cl)c2SC(F)F)cc1OC. The molecule has 2 aromatic rings. The van der Waals surface area contributed by atoms with Gasteiger partial charge in [-0.15, -0.1) is 0 Å². The van der Waals surface area contributed by atoms with Crippen LogP contribution in [-0.4, -0.2) is 25.9 Å². The highest BCUT2D eigenvalue weighted by molar-refractivity contribution is 7.99. The van der Waals surface area contributed by atoms with Gasteiger partial charge in [0.05, 0.1) is 29.8 Å². The van der Waals surface area contributed by atoms with Gasteiger partial charge in [-0.3, -0.25) is 4.79 Å². The van der Waals surface area contributed by atoms with Crippen LogP contribution < -0.4 is 14.8 Å². The first-order valence-corrected chi connectivity index (χ1v) is 8.94. The molecule has 8 heteroatoms. The summed E-state index contributed by atoms with van der Waals surface area (Å²) in [6.45, 7) is 0. The van der Waals surface area contributed by atoms with Crippen molar-refractivity contribution >= 4 is 35.0 Å². The maximum atomic E-state index is 12.7. The minimum Gasteiger partial charge on any atom is -0.493 e. The predicted octanol–water partition coefficient (Wildman–Crippen LogP) is 5.24. The van der Waals surface area contributed by atoms with Crippen molar-refractivity contribution in [2.75, 3.05) is 19.5 Å². The van der Waals surface area contributed by atoms with E-state index in [0.717, 1.165) is 5.56 Å². The van der Waals surface area contributed by atoms with Crippen molar-refractivity contribution in [2.24, 2.45) is 0 Å². The topological polar surface area (TPSA) is 47.6 Å². The standard InChI is InChI=1S/C18H18ClF2NO3S/c1-24-14-8-6-11(10-15(14)25-2)7-9-16(23)22-13-5-3-4-12(19)17(13)26-18(20)21/h3-6,8,10,18H,7,9H2,1-2H3,(H,22,23). The molecule has 2 rings (SSSR count). The van der Waals surface area contributed by atoms with Gasteiger partial charge in [-0.05, 0) is 36.2 Å². The van der Waals surface area contributed by atoms with Crippen molar-refractivity contribution < 1.29 is 23.0 Å². The van der Waals surface area contributed by atoms with Gasteiger partial charge < -0.3 is 14.8 Å². The van der Waals surface area contributed by atoms with Crippen LogP contribution in [0, 0.1) is 0 Å². The molecular formula is C18H18ClF2NO3S. The number of carbonyl (C=O) groups excluding carboxylic acids is 1. The van der Waals surface area contributed by atoms with Crippen LogP contribution in [0.15, 0.2) is 41.3 Å². The fourth-order valence-electron chi connectivity index (χ4n) is 2.32. The highest BCUT2D eigenvalue weighted by atomic mass is 35.5. The summed E-state index contributed by atoms with van der Waals surface area (Å²) in [5.74, 6) is -1.74. The summed E-state index contributed by atoms with van der Waals surface area (Å²) < 4.78 is 35.8. The third-order valence-electron chi connectivity index (χ3n) is 3.54. The molecule has 140 valence electrons. The van der Waals surface area contributed by atoms with Crippen LogP contribution in [0.4, 0.5) is 14.5 Å². The summed E-state index contributed by atoms with van der Waals surface area (Å²) in [7, 11) is 3.08. The third-order valence-corrected chi connectivity index (χ3v) is 4.82. The average Bonchev–Trinajstić information content (AvgIpc) is 2.62. The number of anilines is 1. The maximum absolute atomic E-state index is 12.7. The lowest BCUT2D eigenvalue weighted by molar-refractivity contribution is -0.116. The second-order valence-corrected chi connectivity index (χ2v) is 6.64. The van der Waals surface area contributed by atoms with Gasteiger partial charge in [0.2, 0.25) is 5.91 Å². The zero-order valence-corrected chi connectivity index (χ0v) is 15.8. The number of nitrogens with one attached hydrogen (secondary N) is 1. The van der Waals surface area contributed by atoms with E-state index in [4.69, 9.17) is 21.1 Å². The Morgan fingerprint density at radius 3 is 2.58 bits per heavy atom. The molecule has 0 radical (unpaired) electrons. The molecule has 0 aliphatic carbocycles. The van der Waals surface area contributed by atoms with E-state index >= 15 is 0 Å². The summed E-state index contributed by atoms with van der Waals surface area (Å²) in [6, 6.07) is 10.0. The number of thioether (sulfide) groups is 1. The first-order valence-electron chi connectivity index (χ1n) is 7.68. The van der Waals surface area contributed by atoms with E-state index in [9.17, 15) is 13.6 Å². The molecule has 0 saturated carbocycles. The Morgan fingerprint density at radius 2 is 1.92 bits per heavy atom. The van der Waals surface area contributed by atoms with Gasteiger partial charge in [0, 0.05) is 6.42 Å². The first-order chi connectivity index (χ1) is 12.4. The molecule has 0 bridgehead atoms. The van der Waals surface area contributed by atoms with Crippen LogP contribution >= 0.6 is 23.4 Å². The van der Waals surface area contributed by atoms with E-state index in [1.807, 2.05) is 6.07 Å². The Morgan fingerprint density at radius 1 is 1.19 bits per heavy atom. The molecule has 0 saturated heterocycles. The Balaban J connectivity index is 2.03. The summed E-state index contributed by atoms with van der Waals surface area (Å²) in [5.41, 5.74) is 1.17. The number of carbonyl (C=O) groups is 1. The Bertz CT molecular complexity index is 774.